The number of anilines is 1. The second kappa shape index (κ2) is 8.30. The lowest BCUT2D eigenvalue weighted by atomic mass is 9.84. The van der Waals surface area contributed by atoms with E-state index in [9.17, 15) is 9.59 Å². The molecule has 4 rings (SSSR count). The van der Waals surface area contributed by atoms with Crippen LogP contribution in [0.2, 0.25) is 0 Å². The van der Waals surface area contributed by atoms with Gasteiger partial charge in [-0.25, -0.2) is 0 Å². The highest BCUT2D eigenvalue weighted by Gasteiger charge is 2.38. The van der Waals surface area contributed by atoms with E-state index in [0.29, 0.717) is 32.7 Å². The Kier molecular flexibility index (Phi) is 5.73. The van der Waals surface area contributed by atoms with Gasteiger partial charge in [0, 0.05) is 28.7 Å². The van der Waals surface area contributed by atoms with Gasteiger partial charge in [-0.3, -0.25) is 9.59 Å². The molecule has 0 aliphatic carbocycles. The fourth-order valence-corrected chi connectivity index (χ4v) is 4.21. The summed E-state index contributed by atoms with van der Waals surface area (Å²) in [4.78, 5) is 27.3. The molecule has 2 heterocycles. The van der Waals surface area contributed by atoms with Crippen LogP contribution in [0.3, 0.4) is 0 Å². The third-order valence-corrected chi connectivity index (χ3v) is 6.16. The van der Waals surface area contributed by atoms with Gasteiger partial charge in [0.2, 0.25) is 11.8 Å². The summed E-state index contributed by atoms with van der Waals surface area (Å²) >= 11 is 3.43. The molecule has 2 aliphatic rings. The summed E-state index contributed by atoms with van der Waals surface area (Å²) in [6, 6.07) is 13.4. The molecule has 0 aromatic heterocycles. The average molecular weight is 473 g/mol. The number of benzene rings is 2. The maximum absolute atomic E-state index is 12.8. The first kappa shape index (κ1) is 20.7. The van der Waals surface area contributed by atoms with Crippen molar-refractivity contribution in [3.63, 3.8) is 0 Å². The molecule has 0 saturated carbocycles. The van der Waals surface area contributed by atoms with Crippen LogP contribution >= 0.6 is 15.9 Å². The maximum Gasteiger partial charge on any atom is 0.239 e. The molecular formula is C23H25BrN2O4. The molecule has 158 valence electrons. The van der Waals surface area contributed by atoms with Crippen molar-refractivity contribution in [2.24, 2.45) is 5.92 Å². The SMILES string of the molecule is CC(C)(CNC(=O)C1CCN(c2cccc(Br)c2)C1=O)c1ccc2c(c1)OCCO2. The Bertz CT molecular complexity index is 975. The Morgan fingerprint density at radius 2 is 1.93 bits per heavy atom. The van der Waals surface area contributed by atoms with Crippen LogP contribution in [0.1, 0.15) is 25.8 Å². The van der Waals surface area contributed by atoms with Crippen molar-refractivity contribution < 1.29 is 19.1 Å². The Hall–Kier alpha value is -2.54. The van der Waals surface area contributed by atoms with Gasteiger partial charge < -0.3 is 19.7 Å². The molecule has 2 aromatic carbocycles. The minimum absolute atomic E-state index is 0.150. The van der Waals surface area contributed by atoms with Gasteiger partial charge in [-0.2, -0.15) is 0 Å². The van der Waals surface area contributed by atoms with Gasteiger partial charge in [0.05, 0.1) is 0 Å². The van der Waals surface area contributed by atoms with Crippen molar-refractivity contribution in [2.45, 2.75) is 25.7 Å². The van der Waals surface area contributed by atoms with Gasteiger partial charge in [0.15, 0.2) is 11.5 Å². The number of hydrogen-bond acceptors (Lipinski definition) is 4. The van der Waals surface area contributed by atoms with E-state index in [1.807, 2.05) is 42.5 Å². The Morgan fingerprint density at radius 3 is 2.70 bits per heavy atom. The van der Waals surface area contributed by atoms with Gasteiger partial charge in [-0.05, 0) is 42.3 Å². The molecule has 6 nitrogen and oxygen atoms in total. The number of carbonyl (C=O) groups is 2. The van der Waals surface area contributed by atoms with Crippen molar-refractivity contribution in [1.29, 1.82) is 0 Å². The number of halogens is 1. The molecule has 0 radical (unpaired) electrons. The zero-order valence-electron chi connectivity index (χ0n) is 17.1. The molecule has 2 amide bonds. The number of fused-ring (bicyclic) bond motifs is 1. The van der Waals surface area contributed by atoms with Crippen LogP contribution in [0.5, 0.6) is 11.5 Å². The van der Waals surface area contributed by atoms with Crippen molar-refractivity contribution >= 4 is 33.4 Å². The van der Waals surface area contributed by atoms with E-state index >= 15 is 0 Å². The molecular weight excluding hydrogens is 448 g/mol. The highest BCUT2D eigenvalue weighted by atomic mass is 79.9. The van der Waals surface area contributed by atoms with Crippen LogP contribution in [0, 0.1) is 5.92 Å². The summed E-state index contributed by atoms with van der Waals surface area (Å²) in [6.07, 6.45) is 0.516. The lowest BCUT2D eigenvalue weighted by molar-refractivity contribution is -0.132. The number of ether oxygens (including phenoxy) is 2. The first-order valence-corrected chi connectivity index (χ1v) is 10.9. The van der Waals surface area contributed by atoms with Gasteiger partial charge in [0.25, 0.3) is 0 Å². The quantitative estimate of drug-likeness (QED) is 0.674. The average Bonchev–Trinajstić information content (AvgIpc) is 3.13. The monoisotopic (exact) mass is 472 g/mol. The fourth-order valence-electron chi connectivity index (χ4n) is 3.82. The Morgan fingerprint density at radius 1 is 1.17 bits per heavy atom. The first-order valence-electron chi connectivity index (χ1n) is 10.1. The molecule has 30 heavy (non-hydrogen) atoms. The molecule has 1 N–H and O–H groups in total. The van der Waals surface area contributed by atoms with Crippen LogP contribution in [-0.4, -0.2) is 38.1 Å². The predicted molar refractivity (Wildman–Crippen MR) is 118 cm³/mol. The Balaban J connectivity index is 1.40. The highest BCUT2D eigenvalue weighted by Crippen LogP contribution is 2.35. The van der Waals surface area contributed by atoms with Crippen LogP contribution in [0.4, 0.5) is 5.69 Å². The molecule has 1 fully saturated rings. The molecule has 7 heteroatoms. The summed E-state index contributed by atoms with van der Waals surface area (Å²) in [7, 11) is 0. The zero-order chi connectivity index (χ0) is 21.3. The maximum atomic E-state index is 12.8. The van der Waals surface area contributed by atoms with Crippen LogP contribution in [-0.2, 0) is 15.0 Å². The van der Waals surface area contributed by atoms with E-state index in [4.69, 9.17) is 9.47 Å². The number of rotatable bonds is 5. The molecule has 2 aromatic rings. The fraction of sp³-hybridized carbons (Fsp3) is 0.391. The molecule has 0 spiro atoms. The summed E-state index contributed by atoms with van der Waals surface area (Å²) in [6.45, 7) is 6.17. The van der Waals surface area contributed by atoms with Crippen LogP contribution in [0.25, 0.3) is 0 Å². The second-order valence-corrected chi connectivity index (χ2v) is 9.19. The molecule has 1 atom stereocenters. The van der Waals surface area contributed by atoms with Crippen molar-refractivity contribution in [3.8, 4) is 11.5 Å². The summed E-state index contributed by atoms with van der Waals surface area (Å²) < 4.78 is 12.2. The number of carbonyl (C=O) groups excluding carboxylic acids is 2. The van der Waals surface area contributed by atoms with Crippen molar-refractivity contribution in [3.05, 3.63) is 52.5 Å². The van der Waals surface area contributed by atoms with E-state index in [2.05, 4.69) is 35.1 Å². The van der Waals surface area contributed by atoms with Crippen molar-refractivity contribution in [1.82, 2.24) is 5.32 Å². The lowest BCUT2D eigenvalue weighted by Crippen LogP contribution is -2.42. The zero-order valence-corrected chi connectivity index (χ0v) is 18.7. The van der Waals surface area contributed by atoms with Gasteiger partial charge >= 0.3 is 0 Å². The van der Waals surface area contributed by atoms with E-state index < -0.39 is 5.92 Å². The molecule has 0 bridgehead atoms. The van der Waals surface area contributed by atoms with E-state index in [0.717, 1.165) is 27.2 Å². The number of hydrogen-bond donors (Lipinski definition) is 1. The van der Waals surface area contributed by atoms with Gasteiger partial charge in [0.1, 0.15) is 19.1 Å². The predicted octanol–water partition coefficient (Wildman–Crippen LogP) is 3.67. The van der Waals surface area contributed by atoms with Gasteiger partial charge in [-0.1, -0.05) is 41.9 Å². The third-order valence-electron chi connectivity index (χ3n) is 5.67. The van der Waals surface area contributed by atoms with Crippen molar-refractivity contribution in [2.75, 3.05) is 31.2 Å². The summed E-state index contributed by atoms with van der Waals surface area (Å²) in [5.41, 5.74) is 1.53. The van der Waals surface area contributed by atoms with Gasteiger partial charge in [-0.15, -0.1) is 0 Å². The Labute approximate surface area is 184 Å². The lowest BCUT2D eigenvalue weighted by Gasteiger charge is -2.28. The summed E-state index contributed by atoms with van der Waals surface area (Å²) in [5.74, 6) is 0.453. The topological polar surface area (TPSA) is 67.9 Å². The third kappa shape index (κ3) is 4.17. The smallest absolute Gasteiger partial charge is 0.239 e. The molecule has 1 unspecified atom stereocenters. The largest absolute Gasteiger partial charge is 0.486 e. The number of nitrogens with one attached hydrogen (secondary N) is 1. The highest BCUT2D eigenvalue weighted by molar-refractivity contribution is 9.10. The van der Waals surface area contributed by atoms with Crippen LogP contribution in [0.15, 0.2) is 46.9 Å². The minimum Gasteiger partial charge on any atom is -0.486 e. The summed E-state index contributed by atoms with van der Waals surface area (Å²) in [5, 5.41) is 2.99. The van der Waals surface area contributed by atoms with E-state index in [1.165, 1.54) is 0 Å². The molecule has 1 saturated heterocycles. The standard InChI is InChI=1S/C23H25BrN2O4/c1-23(2,15-6-7-19-20(12-15)30-11-10-29-19)14-25-21(27)18-8-9-26(22(18)28)17-5-3-4-16(24)13-17/h3-7,12-13,18H,8-11,14H2,1-2H3,(H,25,27). The number of amides is 2. The minimum atomic E-state index is -0.653. The van der Waals surface area contributed by atoms with E-state index in [1.54, 1.807) is 4.90 Å². The van der Waals surface area contributed by atoms with Crippen LogP contribution < -0.4 is 19.7 Å². The second-order valence-electron chi connectivity index (χ2n) is 8.27. The normalized spacial score (nSPS) is 18.4. The molecule has 2 aliphatic heterocycles. The number of nitrogens with zero attached hydrogens (tertiary/aromatic N) is 1. The van der Waals surface area contributed by atoms with E-state index in [-0.39, 0.29) is 17.2 Å². The first-order chi connectivity index (χ1) is 14.3.